The summed E-state index contributed by atoms with van der Waals surface area (Å²) in [5.41, 5.74) is 3.36. The fraction of sp³-hybridized carbons (Fsp3) is 0.0833. The number of hydrogen-bond donors (Lipinski definition) is 0. The zero-order valence-electron chi connectivity index (χ0n) is 8.34. The van der Waals surface area contributed by atoms with Gasteiger partial charge in [0.1, 0.15) is 0 Å². The van der Waals surface area contributed by atoms with E-state index in [-0.39, 0.29) is 0 Å². The number of hydrogen-bond acceptors (Lipinski definition) is 2. The highest BCUT2D eigenvalue weighted by Gasteiger charge is 2.04. The summed E-state index contributed by atoms with van der Waals surface area (Å²) < 4.78 is 2.24. The Hall–Kier alpha value is -1.48. The molecule has 0 N–H and O–H groups in total. The van der Waals surface area contributed by atoms with E-state index in [2.05, 4.69) is 33.8 Å². The molecule has 1 aromatic carbocycles. The van der Waals surface area contributed by atoms with Crippen LogP contribution >= 0.6 is 11.8 Å². The number of aromatic nitrogens is 2. The lowest BCUT2D eigenvalue weighted by atomic mass is 10.3. The van der Waals surface area contributed by atoms with Gasteiger partial charge in [0, 0.05) is 0 Å². The van der Waals surface area contributed by atoms with E-state index >= 15 is 0 Å². The van der Waals surface area contributed by atoms with Crippen LogP contribution in [0.5, 0.6) is 0 Å². The van der Waals surface area contributed by atoms with E-state index < -0.39 is 0 Å². The van der Waals surface area contributed by atoms with E-state index in [1.807, 2.05) is 24.4 Å². The van der Waals surface area contributed by atoms with E-state index in [1.54, 1.807) is 11.8 Å². The minimum atomic E-state index is 1.04. The normalized spacial score (nSPS) is 11.3. The van der Waals surface area contributed by atoms with Crippen molar-refractivity contribution in [3.05, 3.63) is 42.6 Å². The lowest BCUT2D eigenvalue weighted by molar-refractivity contribution is 1.09. The highest BCUT2D eigenvalue weighted by Crippen LogP contribution is 2.23. The van der Waals surface area contributed by atoms with Crippen molar-refractivity contribution in [2.45, 2.75) is 5.03 Å². The first kappa shape index (κ1) is 8.80. The van der Waals surface area contributed by atoms with E-state index in [4.69, 9.17) is 0 Å². The summed E-state index contributed by atoms with van der Waals surface area (Å²) in [7, 11) is 0. The minimum Gasteiger partial charge on any atom is -0.301 e. The van der Waals surface area contributed by atoms with Crippen molar-refractivity contribution in [3.63, 3.8) is 0 Å². The predicted octanol–water partition coefficient (Wildman–Crippen LogP) is 3.21. The first-order valence-corrected chi connectivity index (χ1v) is 6.02. The molecule has 3 rings (SSSR count). The van der Waals surface area contributed by atoms with Crippen LogP contribution in [0.25, 0.3) is 16.6 Å². The van der Waals surface area contributed by atoms with Gasteiger partial charge in [-0.1, -0.05) is 12.1 Å². The molecule has 0 saturated heterocycles. The lowest BCUT2D eigenvalue weighted by Crippen LogP contribution is -1.90. The van der Waals surface area contributed by atoms with E-state index in [0.29, 0.717) is 0 Å². The molecule has 0 fully saturated rings. The number of benzene rings is 1. The third-order valence-corrected chi connectivity index (χ3v) is 3.28. The largest absolute Gasteiger partial charge is 0.301 e. The molecular formula is C12H10N2S. The third kappa shape index (κ3) is 1.23. The minimum absolute atomic E-state index is 1.04. The Balaban J connectivity index is 2.56. The number of fused-ring (bicyclic) bond motifs is 3. The molecule has 0 atom stereocenters. The molecule has 2 heterocycles. The molecule has 0 aliphatic rings. The smallest absolute Gasteiger partial charge is 0.0871 e. The summed E-state index contributed by atoms with van der Waals surface area (Å²) in [6.45, 7) is 0. The predicted molar refractivity (Wildman–Crippen MR) is 64.5 cm³/mol. The van der Waals surface area contributed by atoms with Crippen molar-refractivity contribution < 1.29 is 0 Å². The zero-order chi connectivity index (χ0) is 10.3. The second kappa shape index (κ2) is 3.28. The Kier molecular flexibility index (Phi) is 1.92. The van der Waals surface area contributed by atoms with Crippen LogP contribution < -0.4 is 0 Å². The van der Waals surface area contributed by atoms with Gasteiger partial charge >= 0.3 is 0 Å². The monoisotopic (exact) mass is 214 g/mol. The molecule has 3 heteroatoms. The average molecular weight is 214 g/mol. The molecule has 2 nitrogen and oxygen atoms in total. The Morgan fingerprint density at radius 1 is 1.13 bits per heavy atom. The Morgan fingerprint density at radius 2 is 2.00 bits per heavy atom. The van der Waals surface area contributed by atoms with Crippen molar-refractivity contribution >= 4 is 28.3 Å². The Labute approximate surface area is 91.9 Å². The highest BCUT2D eigenvalue weighted by molar-refractivity contribution is 7.98. The van der Waals surface area contributed by atoms with Gasteiger partial charge in [0.2, 0.25) is 0 Å². The molecule has 2 aromatic heterocycles. The number of para-hydroxylation sites is 2. The van der Waals surface area contributed by atoms with Gasteiger partial charge in [-0.25, -0.2) is 0 Å². The van der Waals surface area contributed by atoms with Crippen molar-refractivity contribution in [1.29, 1.82) is 0 Å². The SMILES string of the molecule is CSc1ccc2cnc3ccccc3n12. The highest BCUT2D eigenvalue weighted by atomic mass is 32.2. The molecule has 15 heavy (non-hydrogen) atoms. The van der Waals surface area contributed by atoms with Gasteiger partial charge in [-0.15, -0.1) is 11.8 Å². The van der Waals surface area contributed by atoms with Crippen molar-refractivity contribution in [3.8, 4) is 0 Å². The number of nitrogens with zero attached hydrogens (tertiary/aromatic N) is 2. The van der Waals surface area contributed by atoms with Crippen molar-refractivity contribution in [2.75, 3.05) is 6.26 Å². The first-order valence-electron chi connectivity index (χ1n) is 4.79. The van der Waals surface area contributed by atoms with Crippen molar-refractivity contribution in [1.82, 2.24) is 9.38 Å². The molecule has 0 unspecified atom stereocenters. The van der Waals surface area contributed by atoms with Crippen LogP contribution in [0.2, 0.25) is 0 Å². The molecule has 0 bridgehead atoms. The quantitative estimate of drug-likeness (QED) is 0.579. The fourth-order valence-electron chi connectivity index (χ4n) is 1.85. The Morgan fingerprint density at radius 3 is 2.87 bits per heavy atom. The van der Waals surface area contributed by atoms with Crippen LogP contribution in [0.15, 0.2) is 47.6 Å². The second-order valence-corrected chi connectivity index (χ2v) is 4.21. The molecule has 0 aliphatic heterocycles. The maximum atomic E-state index is 4.43. The van der Waals surface area contributed by atoms with Gasteiger partial charge in [-0.2, -0.15) is 0 Å². The van der Waals surface area contributed by atoms with Gasteiger partial charge in [0.25, 0.3) is 0 Å². The summed E-state index contributed by atoms with van der Waals surface area (Å²) in [5, 5.41) is 1.25. The van der Waals surface area contributed by atoms with Gasteiger partial charge in [0.15, 0.2) is 0 Å². The summed E-state index contributed by atoms with van der Waals surface area (Å²) >= 11 is 1.75. The van der Waals surface area contributed by atoms with Crippen LogP contribution in [0.1, 0.15) is 0 Å². The van der Waals surface area contributed by atoms with Gasteiger partial charge in [-0.05, 0) is 30.5 Å². The molecule has 3 aromatic rings. The second-order valence-electron chi connectivity index (χ2n) is 3.38. The summed E-state index contributed by atoms with van der Waals surface area (Å²) in [4.78, 5) is 4.43. The average Bonchev–Trinajstić information content (AvgIpc) is 2.72. The van der Waals surface area contributed by atoms with Crippen LogP contribution in [0, 0.1) is 0 Å². The van der Waals surface area contributed by atoms with Crippen LogP contribution in [0.3, 0.4) is 0 Å². The molecular weight excluding hydrogens is 204 g/mol. The molecule has 0 amide bonds. The fourth-order valence-corrected chi connectivity index (χ4v) is 2.44. The van der Waals surface area contributed by atoms with E-state index in [0.717, 1.165) is 11.0 Å². The van der Waals surface area contributed by atoms with Crippen LogP contribution in [0.4, 0.5) is 0 Å². The summed E-state index contributed by atoms with van der Waals surface area (Å²) in [6.07, 6.45) is 4.01. The zero-order valence-corrected chi connectivity index (χ0v) is 9.16. The molecule has 0 aliphatic carbocycles. The van der Waals surface area contributed by atoms with Crippen LogP contribution in [-0.2, 0) is 0 Å². The van der Waals surface area contributed by atoms with Gasteiger partial charge in [-0.3, -0.25) is 4.98 Å². The topological polar surface area (TPSA) is 17.3 Å². The molecule has 0 saturated carbocycles. The van der Waals surface area contributed by atoms with E-state index in [9.17, 15) is 0 Å². The van der Waals surface area contributed by atoms with Crippen LogP contribution in [-0.4, -0.2) is 15.6 Å². The lowest BCUT2D eigenvalue weighted by Gasteiger charge is -2.04. The summed E-state index contributed by atoms with van der Waals surface area (Å²) in [6, 6.07) is 12.4. The van der Waals surface area contributed by atoms with Gasteiger partial charge < -0.3 is 4.40 Å². The number of thioether (sulfide) groups is 1. The number of rotatable bonds is 1. The van der Waals surface area contributed by atoms with Gasteiger partial charge in [0.05, 0.1) is 27.8 Å². The first-order chi connectivity index (χ1) is 7.40. The molecule has 74 valence electrons. The third-order valence-electron chi connectivity index (χ3n) is 2.54. The molecule has 0 radical (unpaired) electrons. The summed E-state index contributed by atoms with van der Waals surface area (Å²) in [5.74, 6) is 0. The molecule has 0 spiro atoms. The Bertz CT molecular complexity index is 628. The standard InChI is InChI=1S/C12H10N2S/c1-15-12-7-6-9-8-13-10-4-2-3-5-11(10)14(9)12/h2-8H,1H3. The maximum absolute atomic E-state index is 4.43. The van der Waals surface area contributed by atoms with E-state index in [1.165, 1.54) is 10.5 Å². The maximum Gasteiger partial charge on any atom is 0.0871 e. The van der Waals surface area contributed by atoms with Crippen molar-refractivity contribution in [2.24, 2.45) is 0 Å².